The molecule has 0 fully saturated rings. The number of oxazole rings is 1. The molecule has 9 rings (SSSR count). The van der Waals surface area contributed by atoms with Gasteiger partial charge >= 0.3 is 0 Å². The number of hydrogen-bond acceptors (Lipinski definition) is 3. The molecular formula is C45H30N2O. The highest BCUT2D eigenvalue weighted by Gasteiger charge is 2.17. The molecule has 1 aromatic heterocycles. The molecule has 0 aliphatic rings. The van der Waals surface area contributed by atoms with Gasteiger partial charge in [-0.2, -0.15) is 0 Å². The van der Waals surface area contributed by atoms with E-state index in [1.807, 2.05) is 42.5 Å². The quantitative estimate of drug-likeness (QED) is 0.187. The van der Waals surface area contributed by atoms with E-state index in [0.717, 1.165) is 44.9 Å². The number of rotatable bonds is 6. The molecule has 0 radical (unpaired) electrons. The highest BCUT2D eigenvalue weighted by molar-refractivity contribution is 5.94. The molecule has 0 saturated heterocycles. The maximum atomic E-state index is 6.18. The van der Waals surface area contributed by atoms with Gasteiger partial charge in [0.1, 0.15) is 5.52 Å². The normalized spacial score (nSPS) is 11.3. The van der Waals surface area contributed by atoms with Gasteiger partial charge in [0.25, 0.3) is 0 Å². The van der Waals surface area contributed by atoms with Crippen molar-refractivity contribution in [2.24, 2.45) is 0 Å². The average Bonchev–Trinajstić information content (AvgIpc) is 3.61. The first-order valence-electron chi connectivity index (χ1n) is 16.2. The third-order valence-corrected chi connectivity index (χ3v) is 9.05. The van der Waals surface area contributed by atoms with Gasteiger partial charge in [0.2, 0.25) is 5.89 Å². The Hall–Kier alpha value is -6.45. The molecule has 0 unspecified atom stereocenters. The Bertz CT molecular complexity index is 2570. The lowest BCUT2D eigenvalue weighted by atomic mass is 10.00. The average molecular weight is 615 g/mol. The van der Waals surface area contributed by atoms with Crippen LogP contribution in [0, 0.1) is 0 Å². The van der Waals surface area contributed by atoms with Crippen LogP contribution in [0.25, 0.3) is 66.4 Å². The fourth-order valence-electron chi connectivity index (χ4n) is 6.63. The maximum absolute atomic E-state index is 6.18. The number of hydrogen-bond donors (Lipinski definition) is 0. The maximum Gasteiger partial charge on any atom is 0.227 e. The van der Waals surface area contributed by atoms with Crippen LogP contribution in [0.2, 0.25) is 0 Å². The van der Waals surface area contributed by atoms with Gasteiger partial charge in [0.15, 0.2) is 5.58 Å². The van der Waals surface area contributed by atoms with E-state index in [1.165, 1.54) is 32.7 Å². The van der Waals surface area contributed by atoms with E-state index < -0.39 is 0 Å². The van der Waals surface area contributed by atoms with Crippen LogP contribution < -0.4 is 4.90 Å². The predicted octanol–water partition coefficient (Wildman–Crippen LogP) is 12.6. The van der Waals surface area contributed by atoms with Crippen LogP contribution in [0.5, 0.6) is 0 Å². The zero-order chi connectivity index (χ0) is 31.9. The van der Waals surface area contributed by atoms with Gasteiger partial charge in [-0.05, 0) is 98.9 Å². The largest absolute Gasteiger partial charge is 0.436 e. The van der Waals surface area contributed by atoms with E-state index in [2.05, 4.69) is 144 Å². The zero-order valence-corrected chi connectivity index (χ0v) is 26.1. The Morgan fingerprint density at radius 3 is 1.75 bits per heavy atom. The number of benzene rings is 8. The molecule has 9 aromatic rings. The summed E-state index contributed by atoms with van der Waals surface area (Å²) in [4.78, 5) is 7.26. The Labute approximate surface area is 279 Å². The van der Waals surface area contributed by atoms with Crippen molar-refractivity contribution in [2.75, 3.05) is 4.90 Å². The molecule has 3 heteroatoms. The third kappa shape index (κ3) is 5.08. The second-order valence-corrected chi connectivity index (χ2v) is 12.1. The second kappa shape index (κ2) is 11.7. The molecule has 226 valence electrons. The summed E-state index contributed by atoms with van der Waals surface area (Å²) in [5, 5.41) is 4.90. The van der Waals surface area contributed by atoms with E-state index >= 15 is 0 Å². The second-order valence-electron chi connectivity index (χ2n) is 12.1. The molecule has 3 nitrogen and oxygen atoms in total. The van der Waals surface area contributed by atoms with Crippen molar-refractivity contribution in [3.8, 4) is 33.7 Å². The summed E-state index contributed by atoms with van der Waals surface area (Å²) in [5.74, 6) is 0.628. The highest BCUT2D eigenvalue weighted by Crippen LogP contribution is 2.40. The Kier molecular flexibility index (Phi) is 6.80. The standard InChI is InChI=1S/C45H30N2O/c1-2-12-34(13-3-1)45-46-44-42(18-9-19-43(44)48-45)33-23-25-39(26-24-33)47(41-27-22-32-11-5-7-15-36(32)29-41)40-17-8-16-37(30-40)38-21-20-31-10-4-6-14-35(31)28-38/h1-30H. The minimum atomic E-state index is 0.628. The summed E-state index contributed by atoms with van der Waals surface area (Å²) >= 11 is 0. The third-order valence-electron chi connectivity index (χ3n) is 9.05. The van der Waals surface area contributed by atoms with Crippen LogP contribution in [-0.4, -0.2) is 4.98 Å². The molecule has 0 atom stereocenters. The molecule has 0 saturated carbocycles. The molecule has 0 N–H and O–H groups in total. The van der Waals surface area contributed by atoms with Crippen LogP contribution in [-0.2, 0) is 0 Å². The molecule has 0 bridgehead atoms. The van der Waals surface area contributed by atoms with E-state index in [9.17, 15) is 0 Å². The highest BCUT2D eigenvalue weighted by atomic mass is 16.3. The number of fused-ring (bicyclic) bond motifs is 3. The van der Waals surface area contributed by atoms with E-state index in [0.29, 0.717) is 5.89 Å². The first-order chi connectivity index (χ1) is 23.8. The van der Waals surface area contributed by atoms with Gasteiger partial charge in [0.05, 0.1) is 0 Å². The number of para-hydroxylation sites is 1. The predicted molar refractivity (Wildman–Crippen MR) is 200 cm³/mol. The van der Waals surface area contributed by atoms with Crippen molar-refractivity contribution in [2.45, 2.75) is 0 Å². The minimum absolute atomic E-state index is 0.628. The fourth-order valence-corrected chi connectivity index (χ4v) is 6.63. The van der Waals surface area contributed by atoms with E-state index in [4.69, 9.17) is 9.40 Å². The van der Waals surface area contributed by atoms with Crippen molar-refractivity contribution in [1.82, 2.24) is 4.98 Å². The minimum Gasteiger partial charge on any atom is -0.436 e. The summed E-state index contributed by atoms with van der Waals surface area (Å²) in [6.45, 7) is 0. The van der Waals surface area contributed by atoms with E-state index in [-0.39, 0.29) is 0 Å². The topological polar surface area (TPSA) is 29.3 Å². The van der Waals surface area contributed by atoms with Gasteiger partial charge in [-0.25, -0.2) is 4.98 Å². The number of nitrogens with zero attached hydrogens (tertiary/aromatic N) is 2. The van der Waals surface area contributed by atoms with Gasteiger partial charge in [-0.15, -0.1) is 0 Å². The lowest BCUT2D eigenvalue weighted by Gasteiger charge is -2.26. The van der Waals surface area contributed by atoms with Gasteiger partial charge in [-0.3, -0.25) is 0 Å². The van der Waals surface area contributed by atoms with Crippen LogP contribution in [0.15, 0.2) is 186 Å². The molecule has 0 amide bonds. The van der Waals surface area contributed by atoms with Crippen LogP contribution in [0.1, 0.15) is 0 Å². The number of aromatic nitrogens is 1. The van der Waals surface area contributed by atoms with Crippen molar-refractivity contribution >= 4 is 49.7 Å². The van der Waals surface area contributed by atoms with Crippen LogP contribution in [0.3, 0.4) is 0 Å². The SMILES string of the molecule is c1ccc(-c2nc3c(-c4ccc(N(c5cccc(-c6ccc7ccccc7c6)c5)c5ccc6ccccc6c5)cc4)cccc3o2)cc1. The van der Waals surface area contributed by atoms with Crippen molar-refractivity contribution in [1.29, 1.82) is 0 Å². The first-order valence-corrected chi connectivity index (χ1v) is 16.2. The number of anilines is 3. The van der Waals surface area contributed by atoms with E-state index in [1.54, 1.807) is 0 Å². The van der Waals surface area contributed by atoms with Crippen LogP contribution in [0.4, 0.5) is 17.1 Å². The zero-order valence-electron chi connectivity index (χ0n) is 26.1. The van der Waals surface area contributed by atoms with Crippen molar-refractivity contribution < 1.29 is 4.42 Å². The van der Waals surface area contributed by atoms with Gasteiger partial charge < -0.3 is 9.32 Å². The molecule has 8 aromatic carbocycles. The molecule has 0 aliphatic heterocycles. The summed E-state index contributed by atoms with van der Waals surface area (Å²) in [5.41, 5.74) is 10.4. The Balaban J connectivity index is 1.14. The molecule has 1 heterocycles. The summed E-state index contributed by atoms with van der Waals surface area (Å²) < 4.78 is 6.18. The summed E-state index contributed by atoms with van der Waals surface area (Å²) in [7, 11) is 0. The van der Waals surface area contributed by atoms with Crippen molar-refractivity contribution in [3.63, 3.8) is 0 Å². The van der Waals surface area contributed by atoms with Gasteiger partial charge in [-0.1, -0.05) is 121 Å². The molecule has 48 heavy (non-hydrogen) atoms. The fraction of sp³-hybridized carbons (Fsp3) is 0. The first kappa shape index (κ1) is 27.8. The summed E-state index contributed by atoms with van der Waals surface area (Å²) in [6.07, 6.45) is 0. The summed E-state index contributed by atoms with van der Waals surface area (Å²) in [6, 6.07) is 64.2. The van der Waals surface area contributed by atoms with Crippen molar-refractivity contribution in [3.05, 3.63) is 182 Å². The monoisotopic (exact) mass is 614 g/mol. The molecule has 0 spiro atoms. The molecule has 0 aliphatic carbocycles. The molecular weight excluding hydrogens is 585 g/mol. The lowest BCUT2D eigenvalue weighted by molar-refractivity contribution is 0.620. The Morgan fingerprint density at radius 2 is 0.958 bits per heavy atom. The van der Waals surface area contributed by atoms with Crippen LogP contribution >= 0.6 is 0 Å². The smallest absolute Gasteiger partial charge is 0.227 e. The van der Waals surface area contributed by atoms with Gasteiger partial charge in [0, 0.05) is 28.2 Å². The lowest BCUT2D eigenvalue weighted by Crippen LogP contribution is -2.10. The Morgan fingerprint density at radius 1 is 0.375 bits per heavy atom.